The first-order valence-corrected chi connectivity index (χ1v) is 9.68. The van der Waals surface area contributed by atoms with Crippen LogP contribution in [0.1, 0.15) is 27.0 Å². The maximum Gasteiger partial charge on any atom is 0.416 e. The summed E-state index contributed by atoms with van der Waals surface area (Å²) >= 11 is 3.35. The fourth-order valence-corrected chi connectivity index (χ4v) is 3.54. The molecule has 30 heavy (non-hydrogen) atoms. The number of nitrogens with zero attached hydrogens (tertiary/aromatic N) is 1. The molecule has 3 aromatic rings. The Morgan fingerprint density at radius 1 is 0.800 bits per heavy atom. The topological polar surface area (TPSA) is 37.4 Å². The molecule has 0 saturated carbocycles. The highest BCUT2D eigenvalue weighted by atomic mass is 79.9. The second-order valence-corrected chi connectivity index (χ2v) is 7.56. The van der Waals surface area contributed by atoms with Gasteiger partial charge in [0.05, 0.1) is 11.3 Å². The fourth-order valence-electron chi connectivity index (χ4n) is 3.27. The Balaban J connectivity index is 1.88. The van der Waals surface area contributed by atoms with Crippen LogP contribution in [0, 0.1) is 0 Å². The van der Waals surface area contributed by atoms with Crippen molar-refractivity contribution < 1.29 is 22.8 Å². The van der Waals surface area contributed by atoms with E-state index in [1.165, 1.54) is 12.1 Å². The minimum absolute atomic E-state index is 0.129. The number of rotatable bonds is 2. The number of anilines is 1. The molecule has 1 aliphatic rings. The Morgan fingerprint density at radius 2 is 1.47 bits per heavy atom. The number of imide groups is 1. The molecule has 0 atom stereocenters. The highest BCUT2D eigenvalue weighted by Crippen LogP contribution is 2.36. The zero-order valence-corrected chi connectivity index (χ0v) is 16.9. The number of halogens is 4. The van der Waals surface area contributed by atoms with Crippen LogP contribution in [0.4, 0.5) is 18.9 Å². The van der Waals surface area contributed by atoms with E-state index in [0.29, 0.717) is 5.56 Å². The van der Waals surface area contributed by atoms with Gasteiger partial charge in [0.2, 0.25) is 0 Å². The molecule has 2 amide bonds. The van der Waals surface area contributed by atoms with E-state index in [0.717, 1.165) is 27.1 Å². The third kappa shape index (κ3) is 3.68. The maximum atomic E-state index is 13.3. The average molecular weight is 472 g/mol. The van der Waals surface area contributed by atoms with E-state index in [9.17, 15) is 22.8 Å². The molecule has 0 fully saturated rings. The molecule has 3 aromatic carbocycles. The lowest BCUT2D eigenvalue weighted by molar-refractivity contribution is -0.137. The van der Waals surface area contributed by atoms with Gasteiger partial charge in [-0.1, -0.05) is 52.3 Å². The van der Waals surface area contributed by atoms with Crippen LogP contribution >= 0.6 is 15.9 Å². The standard InChI is InChI=1S/C23H13BrF3NO2/c24-16-10-8-14(9-11-16)12-20-18-6-1-2-7-19(18)21(29)28(22(20)30)17-5-3-4-15(13-17)23(25,26)27/h1-13H/b20-12+. The van der Waals surface area contributed by atoms with E-state index in [4.69, 9.17) is 0 Å². The van der Waals surface area contributed by atoms with Gasteiger partial charge in [-0.2, -0.15) is 13.2 Å². The quantitative estimate of drug-likeness (QED) is 0.329. The van der Waals surface area contributed by atoms with Crippen LogP contribution in [0.25, 0.3) is 11.6 Å². The normalized spacial score (nSPS) is 15.5. The summed E-state index contributed by atoms with van der Waals surface area (Å²) in [4.78, 5) is 27.1. The van der Waals surface area contributed by atoms with Gasteiger partial charge in [0.1, 0.15) is 0 Å². The molecule has 0 aromatic heterocycles. The summed E-state index contributed by atoms with van der Waals surface area (Å²) in [6.45, 7) is 0. The average Bonchev–Trinajstić information content (AvgIpc) is 2.72. The van der Waals surface area contributed by atoms with Crippen LogP contribution < -0.4 is 4.90 Å². The van der Waals surface area contributed by atoms with Gasteiger partial charge >= 0.3 is 6.18 Å². The maximum absolute atomic E-state index is 13.3. The summed E-state index contributed by atoms with van der Waals surface area (Å²) in [7, 11) is 0. The van der Waals surface area contributed by atoms with Crippen molar-refractivity contribution in [2.45, 2.75) is 6.18 Å². The van der Waals surface area contributed by atoms with Crippen molar-refractivity contribution in [3.63, 3.8) is 0 Å². The van der Waals surface area contributed by atoms with Crippen molar-refractivity contribution in [2.24, 2.45) is 0 Å². The minimum Gasteiger partial charge on any atom is -0.268 e. The van der Waals surface area contributed by atoms with Gasteiger partial charge in [0.25, 0.3) is 11.8 Å². The summed E-state index contributed by atoms with van der Waals surface area (Å²) in [5.74, 6) is -1.34. The highest BCUT2D eigenvalue weighted by molar-refractivity contribution is 9.10. The minimum atomic E-state index is -4.59. The predicted molar refractivity (Wildman–Crippen MR) is 112 cm³/mol. The molecule has 0 spiro atoms. The Hall–Kier alpha value is -3.19. The zero-order valence-electron chi connectivity index (χ0n) is 15.3. The Morgan fingerprint density at radius 3 is 2.13 bits per heavy atom. The molecule has 0 saturated heterocycles. The van der Waals surface area contributed by atoms with E-state index in [1.54, 1.807) is 54.6 Å². The van der Waals surface area contributed by atoms with Gasteiger partial charge < -0.3 is 0 Å². The van der Waals surface area contributed by atoms with Crippen LogP contribution in [0.2, 0.25) is 0 Å². The molecule has 0 radical (unpaired) electrons. The molecular weight excluding hydrogens is 459 g/mol. The number of alkyl halides is 3. The van der Waals surface area contributed by atoms with Crippen molar-refractivity contribution in [1.82, 2.24) is 0 Å². The zero-order chi connectivity index (χ0) is 21.5. The van der Waals surface area contributed by atoms with Crippen LogP contribution in [0.3, 0.4) is 0 Å². The van der Waals surface area contributed by atoms with Crippen LogP contribution in [-0.2, 0) is 11.0 Å². The van der Waals surface area contributed by atoms with Crippen molar-refractivity contribution in [3.05, 3.63) is 99.5 Å². The van der Waals surface area contributed by atoms with Crippen molar-refractivity contribution >= 4 is 45.1 Å². The summed E-state index contributed by atoms with van der Waals surface area (Å²) < 4.78 is 40.3. The molecule has 150 valence electrons. The van der Waals surface area contributed by atoms with E-state index in [-0.39, 0.29) is 16.8 Å². The van der Waals surface area contributed by atoms with E-state index in [2.05, 4.69) is 15.9 Å². The first-order valence-electron chi connectivity index (χ1n) is 8.88. The van der Waals surface area contributed by atoms with E-state index >= 15 is 0 Å². The first-order chi connectivity index (χ1) is 14.3. The smallest absolute Gasteiger partial charge is 0.268 e. The van der Waals surface area contributed by atoms with Crippen LogP contribution in [0.5, 0.6) is 0 Å². The largest absolute Gasteiger partial charge is 0.416 e. The van der Waals surface area contributed by atoms with Gasteiger partial charge in [-0.15, -0.1) is 0 Å². The monoisotopic (exact) mass is 471 g/mol. The fraction of sp³-hybridized carbons (Fsp3) is 0.0435. The molecule has 0 aliphatic carbocycles. The summed E-state index contributed by atoms with van der Waals surface area (Å²) in [6.07, 6.45) is -2.97. The lowest BCUT2D eigenvalue weighted by Gasteiger charge is -2.29. The molecule has 0 bridgehead atoms. The predicted octanol–water partition coefficient (Wildman–Crippen LogP) is 6.20. The molecule has 0 N–H and O–H groups in total. The Kier molecular flexibility index (Phi) is 5.07. The molecular formula is C23H13BrF3NO2. The van der Waals surface area contributed by atoms with E-state index < -0.39 is 23.6 Å². The van der Waals surface area contributed by atoms with Gasteiger partial charge in [0, 0.05) is 15.6 Å². The third-order valence-corrected chi connectivity index (χ3v) is 5.23. The molecule has 3 nitrogen and oxygen atoms in total. The lowest BCUT2D eigenvalue weighted by Crippen LogP contribution is -2.41. The summed E-state index contributed by atoms with van der Waals surface area (Å²) in [5.41, 5.74) is 0.574. The second-order valence-electron chi connectivity index (χ2n) is 6.65. The molecule has 1 heterocycles. The van der Waals surface area contributed by atoms with Gasteiger partial charge in [-0.05, 0) is 53.6 Å². The summed E-state index contributed by atoms with van der Waals surface area (Å²) in [5, 5.41) is 0. The molecule has 4 rings (SSSR count). The number of hydrogen-bond acceptors (Lipinski definition) is 2. The summed E-state index contributed by atoms with van der Waals surface area (Å²) in [6, 6.07) is 17.9. The number of benzene rings is 3. The third-order valence-electron chi connectivity index (χ3n) is 4.70. The van der Waals surface area contributed by atoms with Gasteiger partial charge in [-0.25, -0.2) is 4.90 Å². The number of hydrogen-bond donors (Lipinski definition) is 0. The second kappa shape index (κ2) is 7.57. The number of amides is 2. The van der Waals surface area contributed by atoms with Crippen LogP contribution in [0.15, 0.2) is 77.3 Å². The van der Waals surface area contributed by atoms with Crippen molar-refractivity contribution in [2.75, 3.05) is 4.90 Å². The number of fused-ring (bicyclic) bond motifs is 1. The Labute approximate surface area is 178 Å². The molecule has 7 heteroatoms. The highest BCUT2D eigenvalue weighted by Gasteiger charge is 2.37. The van der Waals surface area contributed by atoms with E-state index in [1.807, 2.05) is 0 Å². The Bertz CT molecular complexity index is 1180. The van der Waals surface area contributed by atoms with Gasteiger partial charge in [-0.3, -0.25) is 9.59 Å². The molecule has 1 aliphatic heterocycles. The number of carbonyl (C=O) groups is 2. The SMILES string of the molecule is O=C1/C(=C/c2ccc(Br)cc2)c2ccccc2C(=O)N1c1cccc(C(F)(F)F)c1. The lowest BCUT2D eigenvalue weighted by atomic mass is 9.91. The van der Waals surface area contributed by atoms with Crippen molar-refractivity contribution in [1.29, 1.82) is 0 Å². The molecule has 0 unspecified atom stereocenters. The number of carbonyl (C=O) groups excluding carboxylic acids is 2. The van der Waals surface area contributed by atoms with Gasteiger partial charge in [0.15, 0.2) is 0 Å². The van der Waals surface area contributed by atoms with Crippen LogP contribution in [-0.4, -0.2) is 11.8 Å². The first kappa shape index (κ1) is 20.1. The van der Waals surface area contributed by atoms with Crippen molar-refractivity contribution in [3.8, 4) is 0 Å².